The van der Waals surface area contributed by atoms with Crippen molar-refractivity contribution in [3.05, 3.63) is 51.5 Å². The first kappa shape index (κ1) is 13.1. The van der Waals surface area contributed by atoms with Crippen LogP contribution >= 0.6 is 11.3 Å². The highest BCUT2D eigenvalue weighted by atomic mass is 32.1. The number of rotatable bonds is 4. The topological polar surface area (TPSA) is 24.9 Å². The van der Waals surface area contributed by atoms with E-state index in [1.54, 1.807) is 6.07 Å². The quantitative estimate of drug-likeness (QED) is 0.919. The zero-order chi connectivity index (χ0) is 13.1. The van der Waals surface area contributed by atoms with Gasteiger partial charge in [0.25, 0.3) is 0 Å². The highest BCUT2D eigenvalue weighted by molar-refractivity contribution is 7.09. The maximum atomic E-state index is 13.8. The van der Waals surface area contributed by atoms with Gasteiger partial charge in [0.1, 0.15) is 5.01 Å². The van der Waals surface area contributed by atoms with Gasteiger partial charge in [0, 0.05) is 16.6 Å². The van der Waals surface area contributed by atoms with Gasteiger partial charge in [-0.3, -0.25) is 0 Å². The fourth-order valence-corrected chi connectivity index (χ4v) is 2.67. The fourth-order valence-electron chi connectivity index (χ4n) is 1.78. The first-order chi connectivity index (χ1) is 8.63. The van der Waals surface area contributed by atoms with Gasteiger partial charge < -0.3 is 5.32 Å². The molecule has 2 aromatic rings. The van der Waals surface area contributed by atoms with Crippen molar-refractivity contribution >= 4 is 11.3 Å². The van der Waals surface area contributed by atoms with E-state index in [-0.39, 0.29) is 0 Å². The van der Waals surface area contributed by atoms with Crippen LogP contribution in [0, 0.1) is 18.6 Å². The lowest BCUT2D eigenvalue weighted by molar-refractivity contribution is 0.482. The van der Waals surface area contributed by atoms with Crippen molar-refractivity contribution in [2.75, 3.05) is 6.54 Å². The van der Waals surface area contributed by atoms with Gasteiger partial charge >= 0.3 is 0 Å². The zero-order valence-corrected chi connectivity index (χ0v) is 11.0. The fraction of sp³-hybridized carbons (Fsp3) is 0.308. The third-order valence-corrected chi connectivity index (χ3v) is 3.61. The second-order valence-corrected chi connectivity index (χ2v) is 4.85. The molecule has 0 aliphatic heterocycles. The van der Waals surface area contributed by atoms with Crippen LogP contribution < -0.4 is 5.32 Å². The molecular weight excluding hydrogens is 254 g/mol. The Morgan fingerprint density at radius 3 is 2.78 bits per heavy atom. The molecule has 18 heavy (non-hydrogen) atoms. The van der Waals surface area contributed by atoms with Crippen LogP contribution in [0.2, 0.25) is 0 Å². The van der Waals surface area contributed by atoms with Gasteiger partial charge in [-0.1, -0.05) is 19.1 Å². The molecular formula is C13H14F2N2S. The van der Waals surface area contributed by atoms with Crippen LogP contribution in [0.3, 0.4) is 0 Å². The van der Waals surface area contributed by atoms with Gasteiger partial charge in [0.05, 0.1) is 6.04 Å². The highest BCUT2D eigenvalue weighted by Crippen LogP contribution is 2.27. The van der Waals surface area contributed by atoms with E-state index < -0.39 is 17.7 Å². The zero-order valence-electron chi connectivity index (χ0n) is 10.2. The Kier molecular flexibility index (Phi) is 4.04. The van der Waals surface area contributed by atoms with Crippen molar-refractivity contribution < 1.29 is 8.78 Å². The molecule has 0 fully saturated rings. The van der Waals surface area contributed by atoms with Gasteiger partial charge in [-0.05, 0) is 19.5 Å². The first-order valence-corrected chi connectivity index (χ1v) is 6.60. The monoisotopic (exact) mass is 268 g/mol. The van der Waals surface area contributed by atoms with E-state index >= 15 is 0 Å². The second-order valence-electron chi connectivity index (χ2n) is 3.96. The van der Waals surface area contributed by atoms with E-state index in [0.29, 0.717) is 12.1 Å². The van der Waals surface area contributed by atoms with E-state index in [2.05, 4.69) is 10.3 Å². The third-order valence-electron chi connectivity index (χ3n) is 2.58. The number of halogens is 2. The van der Waals surface area contributed by atoms with Crippen LogP contribution in [0.4, 0.5) is 8.78 Å². The molecule has 1 N–H and O–H groups in total. The molecule has 0 amide bonds. The molecule has 0 aliphatic rings. The molecule has 0 aliphatic carbocycles. The van der Waals surface area contributed by atoms with Crippen LogP contribution in [0.1, 0.15) is 29.2 Å². The summed E-state index contributed by atoms with van der Waals surface area (Å²) in [5, 5.41) is 5.79. The maximum absolute atomic E-state index is 13.8. The summed E-state index contributed by atoms with van der Waals surface area (Å²) in [5.74, 6) is -1.64. The Bertz CT molecular complexity index is 540. The molecule has 5 heteroatoms. The van der Waals surface area contributed by atoms with E-state index in [1.165, 1.54) is 17.4 Å². The average molecular weight is 268 g/mol. The van der Waals surface area contributed by atoms with Crippen molar-refractivity contribution in [1.82, 2.24) is 10.3 Å². The first-order valence-electron chi connectivity index (χ1n) is 5.72. The molecule has 2 rings (SSSR count). The van der Waals surface area contributed by atoms with Crippen molar-refractivity contribution in [2.45, 2.75) is 19.9 Å². The summed E-state index contributed by atoms with van der Waals surface area (Å²) >= 11 is 1.44. The van der Waals surface area contributed by atoms with Crippen LogP contribution in [-0.2, 0) is 0 Å². The maximum Gasteiger partial charge on any atom is 0.164 e. The molecule has 0 spiro atoms. The van der Waals surface area contributed by atoms with Crippen molar-refractivity contribution in [3.8, 4) is 0 Å². The Morgan fingerprint density at radius 2 is 2.17 bits per heavy atom. The number of benzene rings is 1. The summed E-state index contributed by atoms with van der Waals surface area (Å²) in [6, 6.07) is 3.82. The Balaban J connectivity index is 2.44. The van der Waals surface area contributed by atoms with Gasteiger partial charge in [-0.2, -0.15) is 0 Å². The Hall–Kier alpha value is -1.33. The number of nitrogens with one attached hydrogen (secondary N) is 1. The molecule has 0 saturated carbocycles. The number of hydrogen-bond donors (Lipinski definition) is 1. The van der Waals surface area contributed by atoms with Gasteiger partial charge in [-0.15, -0.1) is 11.3 Å². The second kappa shape index (κ2) is 5.54. The molecule has 0 saturated heterocycles. The van der Waals surface area contributed by atoms with Crippen LogP contribution in [0.5, 0.6) is 0 Å². The average Bonchev–Trinajstić information content (AvgIpc) is 2.77. The van der Waals surface area contributed by atoms with E-state index in [0.717, 1.165) is 16.8 Å². The predicted molar refractivity (Wildman–Crippen MR) is 68.7 cm³/mol. The van der Waals surface area contributed by atoms with Crippen molar-refractivity contribution in [2.24, 2.45) is 0 Å². The molecule has 1 aromatic carbocycles. The van der Waals surface area contributed by atoms with Crippen LogP contribution in [0.15, 0.2) is 23.6 Å². The summed E-state index contributed by atoms with van der Waals surface area (Å²) in [6.07, 6.45) is 0. The molecule has 1 atom stereocenters. The van der Waals surface area contributed by atoms with Gasteiger partial charge in [0.15, 0.2) is 11.6 Å². The summed E-state index contributed by atoms with van der Waals surface area (Å²) in [7, 11) is 0. The van der Waals surface area contributed by atoms with Crippen LogP contribution in [0.25, 0.3) is 0 Å². The summed E-state index contributed by atoms with van der Waals surface area (Å²) in [6.45, 7) is 4.45. The largest absolute Gasteiger partial charge is 0.304 e. The molecule has 1 unspecified atom stereocenters. The number of hydrogen-bond acceptors (Lipinski definition) is 3. The smallest absolute Gasteiger partial charge is 0.164 e. The summed E-state index contributed by atoms with van der Waals surface area (Å²) in [4.78, 5) is 4.34. The standard InChI is InChI=1S/C13H14F2N2S/c1-3-16-12(13-17-8(2)7-18-13)9-5-4-6-10(14)11(9)15/h4-7,12,16H,3H2,1-2H3. The Morgan fingerprint density at radius 1 is 1.39 bits per heavy atom. The van der Waals surface area contributed by atoms with Crippen LogP contribution in [-0.4, -0.2) is 11.5 Å². The highest BCUT2D eigenvalue weighted by Gasteiger charge is 2.21. The van der Waals surface area contributed by atoms with E-state index in [9.17, 15) is 8.78 Å². The van der Waals surface area contributed by atoms with E-state index in [4.69, 9.17) is 0 Å². The third kappa shape index (κ3) is 2.57. The number of aromatic nitrogens is 1. The number of thiazole rings is 1. The minimum absolute atomic E-state index is 0.297. The molecule has 0 bridgehead atoms. The van der Waals surface area contributed by atoms with E-state index in [1.807, 2.05) is 19.2 Å². The number of nitrogens with zero attached hydrogens (tertiary/aromatic N) is 1. The SMILES string of the molecule is CCNC(c1nc(C)cs1)c1cccc(F)c1F. The number of aryl methyl sites for hydroxylation is 1. The summed E-state index contributed by atoms with van der Waals surface area (Å²) < 4.78 is 27.1. The minimum Gasteiger partial charge on any atom is -0.304 e. The van der Waals surface area contributed by atoms with Gasteiger partial charge in [-0.25, -0.2) is 13.8 Å². The normalized spacial score (nSPS) is 12.7. The summed E-state index contributed by atoms with van der Waals surface area (Å²) in [5.41, 5.74) is 1.18. The lowest BCUT2D eigenvalue weighted by Gasteiger charge is -2.16. The lowest BCUT2D eigenvalue weighted by Crippen LogP contribution is -2.23. The minimum atomic E-state index is -0.830. The van der Waals surface area contributed by atoms with Crippen molar-refractivity contribution in [1.29, 1.82) is 0 Å². The molecule has 2 nitrogen and oxygen atoms in total. The van der Waals surface area contributed by atoms with Gasteiger partial charge in [0.2, 0.25) is 0 Å². The lowest BCUT2D eigenvalue weighted by atomic mass is 10.1. The predicted octanol–water partition coefficient (Wildman–Crippen LogP) is 3.43. The molecule has 0 radical (unpaired) electrons. The molecule has 1 aromatic heterocycles. The Labute approximate surface area is 109 Å². The van der Waals surface area contributed by atoms with Crippen molar-refractivity contribution in [3.63, 3.8) is 0 Å². The molecule has 1 heterocycles. The molecule has 96 valence electrons.